The number of anilines is 1. The summed E-state index contributed by atoms with van der Waals surface area (Å²) in [5, 5.41) is 8.90. The Hall–Kier alpha value is -3.66. The van der Waals surface area contributed by atoms with E-state index in [9.17, 15) is 0 Å². The Labute approximate surface area is 160 Å². The maximum absolute atomic E-state index is 8.90. The first-order valence-corrected chi connectivity index (χ1v) is 8.56. The second-order valence-electron chi connectivity index (χ2n) is 5.66. The topological polar surface area (TPSA) is 67.5 Å². The van der Waals surface area contributed by atoms with Crippen LogP contribution in [-0.4, -0.2) is 5.11 Å². The van der Waals surface area contributed by atoms with Crippen LogP contribution in [0.25, 0.3) is 6.08 Å². The third-order valence-electron chi connectivity index (χ3n) is 3.53. The van der Waals surface area contributed by atoms with Crippen LogP contribution in [0.3, 0.4) is 0 Å². The zero-order valence-corrected chi connectivity index (χ0v) is 15.1. The number of nitrogen functional groups attached to an aromatic ring is 1. The lowest BCUT2D eigenvalue weighted by Gasteiger charge is -2.11. The predicted molar refractivity (Wildman–Crippen MR) is 112 cm³/mol. The van der Waals surface area contributed by atoms with Crippen LogP contribution in [0.2, 0.25) is 0 Å². The molecule has 138 valence electrons. The molecule has 0 bridgehead atoms. The largest absolute Gasteiger partial charge is 0.508 e. The molecule has 0 unspecified atom stereocenters. The molecule has 1 aliphatic rings. The van der Waals surface area contributed by atoms with Crippen LogP contribution in [0, 0.1) is 0 Å². The molecule has 0 aliphatic carbocycles. The zero-order valence-electron chi connectivity index (χ0n) is 15.1. The number of hydroxylamine groups is 1. The van der Waals surface area contributed by atoms with Crippen LogP contribution < -0.4 is 16.1 Å². The van der Waals surface area contributed by atoms with Crippen LogP contribution in [0.15, 0.2) is 97.7 Å². The Balaban J connectivity index is 0.000000148. The number of hydrogen-bond donors (Lipinski definition) is 3. The van der Waals surface area contributed by atoms with Crippen molar-refractivity contribution in [1.29, 1.82) is 0 Å². The molecule has 0 saturated carbocycles. The second-order valence-corrected chi connectivity index (χ2v) is 5.66. The fraction of sp³-hybridized carbons (Fsp3) is 0.0435. The van der Waals surface area contributed by atoms with Crippen LogP contribution in [-0.2, 0) is 6.42 Å². The Morgan fingerprint density at radius 3 is 2.19 bits per heavy atom. The number of phenols is 1. The highest BCUT2D eigenvalue weighted by molar-refractivity contribution is 5.58. The third-order valence-corrected chi connectivity index (χ3v) is 3.53. The second kappa shape index (κ2) is 11.1. The van der Waals surface area contributed by atoms with Crippen molar-refractivity contribution in [1.82, 2.24) is 5.48 Å². The first kappa shape index (κ1) is 19.7. The molecule has 0 radical (unpaired) electrons. The molecule has 3 aromatic rings. The third kappa shape index (κ3) is 7.40. The minimum Gasteiger partial charge on any atom is -0.508 e. The van der Waals surface area contributed by atoms with E-state index in [-0.39, 0.29) is 0 Å². The van der Waals surface area contributed by atoms with E-state index in [1.54, 1.807) is 18.3 Å². The van der Waals surface area contributed by atoms with Crippen molar-refractivity contribution in [3.63, 3.8) is 0 Å². The van der Waals surface area contributed by atoms with Crippen molar-refractivity contribution in [2.75, 3.05) is 5.73 Å². The summed E-state index contributed by atoms with van der Waals surface area (Å²) in [5.74, 6) is 1.19. The Morgan fingerprint density at radius 2 is 1.59 bits per heavy atom. The molecule has 1 aliphatic heterocycles. The normalized spacial score (nSPS) is 10.5. The van der Waals surface area contributed by atoms with Gasteiger partial charge < -0.3 is 15.7 Å². The Bertz CT molecular complexity index is 844. The summed E-state index contributed by atoms with van der Waals surface area (Å²) in [4.78, 5) is 5.09. The minimum atomic E-state index is 0.313. The summed E-state index contributed by atoms with van der Waals surface area (Å²) >= 11 is 0. The van der Waals surface area contributed by atoms with E-state index in [1.807, 2.05) is 78.9 Å². The smallest absolute Gasteiger partial charge is 0.162 e. The first-order valence-electron chi connectivity index (χ1n) is 8.56. The quantitative estimate of drug-likeness (QED) is 0.447. The van der Waals surface area contributed by atoms with E-state index in [4.69, 9.17) is 15.7 Å². The number of nitrogens with one attached hydrogen (secondary N) is 1. The molecule has 4 heteroatoms. The van der Waals surface area contributed by atoms with Gasteiger partial charge in [0.25, 0.3) is 0 Å². The van der Waals surface area contributed by atoms with Crippen molar-refractivity contribution in [3.05, 3.63) is 109 Å². The fourth-order valence-corrected chi connectivity index (χ4v) is 2.18. The van der Waals surface area contributed by atoms with Crippen molar-refractivity contribution in [3.8, 4) is 11.5 Å². The lowest BCUT2D eigenvalue weighted by Crippen LogP contribution is -2.13. The van der Waals surface area contributed by atoms with Gasteiger partial charge in [-0.1, -0.05) is 54.6 Å². The van der Waals surface area contributed by atoms with Gasteiger partial charge in [-0.25, -0.2) is 5.48 Å². The van der Waals surface area contributed by atoms with E-state index in [2.05, 4.69) is 12.1 Å². The molecular formula is C23H24N2O2. The van der Waals surface area contributed by atoms with Gasteiger partial charge in [-0.05, 0) is 48.4 Å². The first-order chi connectivity index (χ1) is 13.2. The molecule has 4 N–H and O–H groups in total. The summed E-state index contributed by atoms with van der Waals surface area (Å²) in [6.45, 7) is 3.62. The molecule has 3 aromatic carbocycles. The molecule has 0 saturated heterocycles. The van der Waals surface area contributed by atoms with Gasteiger partial charge in [-0.3, -0.25) is 0 Å². The lowest BCUT2D eigenvalue weighted by atomic mass is 10.1. The highest BCUT2D eigenvalue weighted by atomic mass is 16.6. The number of fused-ring (bicyclic) bond motifs is 1. The average Bonchev–Trinajstić information content (AvgIpc) is 2.72. The molecule has 1 heterocycles. The van der Waals surface area contributed by atoms with Gasteiger partial charge in [-0.15, -0.1) is 6.58 Å². The van der Waals surface area contributed by atoms with Gasteiger partial charge >= 0.3 is 0 Å². The molecule has 4 nitrogen and oxygen atoms in total. The molecule has 4 rings (SSSR count). The van der Waals surface area contributed by atoms with Crippen LogP contribution in [0.4, 0.5) is 5.69 Å². The highest BCUT2D eigenvalue weighted by Gasteiger charge is 2.01. The number of hydrogen-bond acceptors (Lipinski definition) is 4. The van der Waals surface area contributed by atoms with Gasteiger partial charge in [0.2, 0.25) is 0 Å². The summed E-state index contributed by atoms with van der Waals surface area (Å²) in [5.41, 5.74) is 11.1. The zero-order chi connectivity index (χ0) is 19.3. The van der Waals surface area contributed by atoms with E-state index in [0.29, 0.717) is 5.75 Å². The summed E-state index contributed by atoms with van der Waals surface area (Å²) in [6.07, 6.45) is 6.44. The number of benzene rings is 3. The highest BCUT2D eigenvalue weighted by Crippen LogP contribution is 2.20. The summed E-state index contributed by atoms with van der Waals surface area (Å²) in [6, 6.07) is 24.5. The monoisotopic (exact) mass is 360 g/mol. The Kier molecular flexibility index (Phi) is 8.05. The standard InChI is InChI=1S/C9H10O.C8H7NO.C6H7N/c1-2-3-8-4-6-9(10)7-5-8;1-2-4-8-7(3-1)5-6-9-10-8;7-6-4-2-1-3-5-6/h2,4-7,10H,1,3H2;1-6,9H;1-5H,7H2. The van der Waals surface area contributed by atoms with Gasteiger partial charge in [0, 0.05) is 17.5 Å². The van der Waals surface area contributed by atoms with E-state index >= 15 is 0 Å². The van der Waals surface area contributed by atoms with Crippen LogP contribution >= 0.6 is 0 Å². The lowest BCUT2D eigenvalue weighted by molar-refractivity contribution is 0.239. The molecular weight excluding hydrogens is 336 g/mol. The fourth-order valence-electron chi connectivity index (χ4n) is 2.18. The maximum Gasteiger partial charge on any atom is 0.162 e. The minimum absolute atomic E-state index is 0.313. The van der Waals surface area contributed by atoms with Gasteiger partial charge in [-0.2, -0.15) is 0 Å². The number of nitrogens with two attached hydrogens (primary N) is 1. The molecule has 0 spiro atoms. The van der Waals surface area contributed by atoms with E-state index in [1.165, 1.54) is 5.56 Å². The van der Waals surface area contributed by atoms with Crippen molar-refractivity contribution >= 4 is 11.8 Å². The number of phenolic OH excluding ortho intramolecular Hbond substituents is 1. The number of allylic oxidation sites excluding steroid dienone is 1. The van der Waals surface area contributed by atoms with E-state index < -0.39 is 0 Å². The average molecular weight is 360 g/mol. The summed E-state index contributed by atoms with van der Waals surface area (Å²) in [7, 11) is 0. The molecule has 27 heavy (non-hydrogen) atoms. The van der Waals surface area contributed by atoms with Crippen LogP contribution in [0.1, 0.15) is 11.1 Å². The summed E-state index contributed by atoms with van der Waals surface area (Å²) < 4.78 is 0. The van der Waals surface area contributed by atoms with Crippen molar-refractivity contribution in [2.45, 2.75) is 6.42 Å². The molecule has 0 atom stereocenters. The number of rotatable bonds is 2. The molecule has 0 amide bonds. The van der Waals surface area contributed by atoms with E-state index in [0.717, 1.165) is 23.4 Å². The van der Waals surface area contributed by atoms with Crippen molar-refractivity contribution in [2.24, 2.45) is 0 Å². The number of aromatic hydroxyl groups is 1. The molecule has 0 fully saturated rings. The van der Waals surface area contributed by atoms with Crippen LogP contribution in [0.5, 0.6) is 11.5 Å². The Morgan fingerprint density at radius 1 is 0.926 bits per heavy atom. The van der Waals surface area contributed by atoms with Gasteiger partial charge in [0.1, 0.15) is 5.75 Å². The number of para-hydroxylation sites is 2. The maximum atomic E-state index is 8.90. The predicted octanol–water partition coefficient (Wildman–Crippen LogP) is 4.94. The van der Waals surface area contributed by atoms with Gasteiger partial charge in [0.05, 0.1) is 0 Å². The van der Waals surface area contributed by atoms with Crippen molar-refractivity contribution < 1.29 is 9.94 Å². The van der Waals surface area contributed by atoms with Gasteiger partial charge in [0.15, 0.2) is 5.75 Å². The SMILES string of the molecule is C1=Cc2ccccc2ON1.C=CCc1ccc(O)cc1.Nc1ccccc1. The molecule has 0 aromatic heterocycles.